The van der Waals surface area contributed by atoms with Crippen LogP contribution in [0.25, 0.3) is 16.6 Å². The van der Waals surface area contributed by atoms with Crippen molar-refractivity contribution in [1.82, 2.24) is 24.9 Å². The van der Waals surface area contributed by atoms with Gasteiger partial charge in [0.1, 0.15) is 11.5 Å². The number of aryl methyl sites for hydroxylation is 1. The fourth-order valence-electron chi connectivity index (χ4n) is 3.98. The van der Waals surface area contributed by atoms with E-state index in [1.807, 2.05) is 35.7 Å². The SMILES string of the molecule is Cc1cc(CN2CCCC2c2nnn3cc(-c4ccccc4)ccc23)no1. The van der Waals surface area contributed by atoms with E-state index in [0.717, 1.165) is 54.2 Å². The zero-order chi connectivity index (χ0) is 18.2. The molecule has 1 unspecified atom stereocenters. The first-order valence-electron chi connectivity index (χ1n) is 9.34. The summed E-state index contributed by atoms with van der Waals surface area (Å²) in [6.07, 6.45) is 4.30. The Labute approximate surface area is 157 Å². The number of aromatic nitrogens is 4. The van der Waals surface area contributed by atoms with Gasteiger partial charge in [0.25, 0.3) is 0 Å². The van der Waals surface area contributed by atoms with Crippen LogP contribution in [0, 0.1) is 6.92 Å². The average Bonchev–Trinajstić information content (AvgIpc) is 3.42. The molecule has 4 heterocycles. The number of likely N-dealkylation sites (tertiary alicyclic amines) is 1. The number of benzene rings is 1. The molecule has 1 fully saturated rings. The minimum absolute atomic E-state index is 0.266. The lowest BCUT2D eigenvalue weighted by Crippen LogP contribution is -2.23. The summed E-state index contributed by atoms with van der Waals surface area (Å²) < 4.78 is 7.11. The summed E-state index contributed by atoms with van der Waals surface area (Å²) in [6, 6.07) is 16.9. The highest BCUT2D eigenvalue weighted by Crippen LogP contribution is 2.34. The Morgan fingerprint density at radius 1 is 1.11 bits per heavy atom. The highest BCUT2D eigenvalue weighted by atomic mass is 16.5. The van der Waals surface area contributed by atoms with Crippen LogP contribution in [0.2, 0.25) is 0 Å². The average molecular weight is 359 g/mol. The summed E-state index contributed by atoms with van der Waals surface area (Å²) in [6.45, 7) is 3.75. The molecule has 0 spiro atoms. The first kappa shape index (κ1) is 16.2. The lowest BCUT2D eigenvalue weighted by atomic mass is 10.1. The van der Waals surface area contributed by atoms with E-state index in [1.54, 1.807) is 0 Å². The maximum Gasteiger partial charge on any atom is 0.133 e. The molecule has 0 N–H and O–H groups in total. The predicted molar refractivity (Wildman–Crippen MR) is 102 cm³/mol. The van der Waals surface area contributed by atoms with Gasteiger partial charge in [0.05, 0.1) is 17.3 Å². The van der Waals surface area contributed by atoms with Crippen molar-refractivity contribution in [2.45, 2.75) is 32.4 Å². The second-order valence-electron chi connectivity index (χ2n) is 7.15. The molecule has 4 aromatic rings. The fourth-order valence-corrected chi connectivity index (χ4v) is 3.98. The van der Waals surface area contributed by atoms with E-state index in [9.17, 15) is 0 Å². The quantitative estimate of drug-likeness (QED) is 0.551. The number of hydrogen-bond donors (Lipinski definition) is 0. The van der Waals surface area contributed by atoms with Crippen LogP contribution in [0.4, 0.5) is 0 Å². The maximum atomic E-state index is 5.22. The Morgan fingerprint density at radius 2 is 2.00 bits per heavy atom. The lowest BCUT2D eigenvalue weighted by molar-refractivity contribution is 0.237. The number of rotatable bonds is 4. The molecule has 1 saturated heterocycles. The number of fused-ring (bicyclic) bond motifs is 1. The third kappa shape index (κ3) is 3.02. The third-order valence-corrected chi connectivity index (χ3v) is 5.27. The zero-order valence-corrected chi connectivity index (χ0v) is 15.2. The van der Waals surface area contributed by atoms with E-state index in [-0.39, 0.29) is 6.04 Å². The molecule has 0 amide bonds. The first-order valence-corrected chi connectivity index (χ1v) is 9.34. The van der Waals surface area contributed by atoms with E-state index in [2.05, 4.69) is 50.8 Å². The Hall–Kier alpha value is -2.99. The molecular weight excluding hydrogens is 338 g/mol. The number of pyridine rings is 1. The highest BCUT2D eigenvalue weighted by Gasteiger charge is 2.30. The molecule has 136 valence electrons. The fraction of sp³-hybridized carbons (Fsp3) is 0.286. The molecule has 0 saturated carbocycles. The Kier molecular flexibility index (Phi) is 3.98. The summed E-state index contributed by atoms with van der Waals surface area (Å²) in [7, 11) is 0. The Bertz CT molecular complexity index is 1070. The largest absolute Gasteiger partial charge is 0.361 e. The van der Waals surface area contributed by atoms with Gasteiger partial charge in [0.2, 0.25) is 0 Å². The van der Waals surface area contributed by atoms with Crippen molar-refractivity contribution in [2.75, 3.05) is 6.54 Å². The molecule has 0 aliphatic carbocycles. The van der Waals surface area contributed by atoms with Crippen LogP contribution in [0.3, 0.4) is 0 Å². The minimum Gasteiger partial charge on any atom is -0.361 e. The van der Waals surface area contributed by atoms with Gasteiger partial charge < -0.3 is 4.52 Å². The van der Waals surface area contributed by atoms with Crippen LogP contribution in [0.5, 0.6) is 0 Å². The molecular formula is C21H21N5O. The van der Waals surface area contributed by atoms with Crippen molar-refractivity contribution in [3.8, 4) is 11.1 Å². The van der Waals surface area contributed by atoms with Crippen molar-refractivity contribution in [2.24, 2.45) is 0 Å². The molecule has 5 rings (SSSR count). The molecule has 1 atom stereocenters. The first-order chi connectivity index (χ1) is 13.3. The minimum atomic E-state index is 0.266. The van der Waals surface area contributed by atoms with Crippen LogP contribution >= 0.6 is 0 Å². The van der Waals surface area contributed by atoms with E-state index in [0.29, 0.717) is 0 Å². The van der Waals surface area contributed by atoms with E-state index < -0.39 is 0 Å². The topological polar surface area (TPSA) is 59.5 Å². The summed E-state index contributed by atoms with van der Waals surface area (Å²) in [4.78, 5) is 2.42. The van der Waals surface area contributed by atoms with Gasteiger partial charge in [-0.3, -0.25) is 4.90 Å². The summed E-state index contributed by atoms with van der Waals surface area (Å²) >= 11 is 0. The van der Waals surface area contributed by atoms with Gasteiger partial charge in [0, 0.05) is 24.4 Å². The molecule has 3 aromatic heterocycles. The molecule has 6 heteroatoms. The second-order valence-corrected chi connectivity index (χ2v) is 7.15. The van der Waals surface area contributed by atoms with Crippen molar-refractivity contribution in [3.05, 3.63) is 71.9 Å². The monoisotopic (exact) mass is 359 g/mol. The van der Waals surface area contributed by atoms with Crippen molar-refractivity contribution in [1.29, 1.82) is 0 Å². The summed E-state index contributed by atoms with van der Waals surface area (Å²) in [5, 5.41) is 13.1. The summed E-state index contributed by atoms with van der Waals surface area (Å²) in [5.41, 5.74) is 5.42. The normalized spacial score (nSPS) is 17.7. The Morgan fingerprint density at radius 3 is 2.81 bits per heavy atom. The third-order valence-electron chi connectivity index (χ3n) is 5.27. The number of hydrogen-bond acceptors (Lipinski definition) is 5. The van der Waals surface area contributed by atoms with Gasteiger partial charge in [0.15, 0.2) is 0 Å². The van der Waals surface area contributed by atoms with Gasteiger partial charge in [-0.25, -0.2) is 4.52 Å². The summed E-state index contributed by atoms with van der Waals surface area (Å²) in [5.74, 6) is 0.850. The van der Waals surface area contributed by atoms with Gasteiger partial charge in [-0.1, -0.05) is 46.8 Å². The van der Waals surface area contributed by atoms with Crippen LogP contribution in [-0.4, -0.2) is 31.4 Å². The van der Waals surface area contributed by atoms with Crippen LogP contribution in [0.15, 0.2) is 59.3 Å². The van der Waals surface area contributed by atoms with Crippen molar-refractivity contribution < 1.29 is 4.52 Å². The smallest absolute Gasteiger partial charge is 0.133 e. The predicted octanol–water partition coefficient (Wildman–Crippen LogP) is 4.03. The van der Waals surface area contributed by atoms with E-state index >= 15 is 0 Å². The van der Waals surface area contributed by atoms with Crippen LogP contribution in [-0.2, 0) is 6.54 Å². The van der Waals surface area contributed by atoms with Crippen molar-refractivity contribution in [3.63, 3.8) is 0 Å². The molecule has 0 bridgehead atoms. The van der Waals surface area contributed by atoms with Crippen LogP contribution < -0.4 is 0 Å². The van der Waals surface area contributed by atoms with Gasteiger partial charge in [-0.2, -0.15) is 0 Å². The lowest BCUT2D eigenvalue weighted by Gasteiger charge is -2.21. The van der Waals surface area contributed by atoms with Crippen molar-refractivity contribution >= 4 is 5.52 Å². The van der Waals surface area contributed by atoms with Gasteiger partial charge in [-0.05, 0) is 37.9 Å². The molecule has 1 aliphatic heterocycles. The molecule has 0 radical (unpaired) electrons. The van der Waals surface area contributed by atoms with E-state index in [4.69, 9.17) is 4.52 Å². The highest BCUT2D eigenvalue weighted by molar-refractivity contribution is 5.66. The Balaban J connectivity index is 1.45. The molecule has 1 aliphatic rings. The zero-order valence-electron chi connectivity index (χ0n) is 15.2. The van der Waals surface area contributed by atoms with E-state index in [1.165, 1.54) is 5.56 Å². The van der Waals surface area contributed by atoms with Gasteiger partial charge in [-0.15, -0.1) is 5.10 Å². The molecule has 1 aromatic carbocycles. The standard InChI is InChI=1S/C21H21N5O/c1-15-12-18(23-27-15)14-25-11-5-8-19(25)21-20-10-9-17(13-26(20)24-22-21)16-6-3-2-4-7-16/h2-4,6-7,9-10,12-13,19H,5,8,11,14H2,1H3. The molecule has 27 heavy (non-hydrogen) atoms. The number of nitrogens with zero attached hydrogens (tertiary/aromatic N) is 5. The van der Waals surface area contributed by atoms with Crippen LogP contribution in [0.1, 0.15) is 36.0 Å². The second kappa shape index (κ2) is 6.63. The van der Waals surface area contributed by atoms with Gasteiger partial charge >= 0.3 is 0 Å². The molecule has 6 nitrogen and oxygen atoms in total. The maximum absolute atomic E-state index is 5.22.